The fraction of sp³-hybridized carbons (Fsp3) is 0.333. The van der Waals surface area contributed by atoms with E-state index >= 15 is 4.39 Å². The summed E-state index contributed by atoms with van der Waals surface area (Å²) in [5, 5.41) is 8.89. The summed E-state index contributed by atoms with van der Waals surface area (Å²) >= 11 is 0. The lowest BCUT2D eigenvalue weighted by atomic mass is 9.79. The van der Waals surface area contributed by atoms with Gasteiger partial charge in [0.1, 0.15) is 11.6 Å². The zero-order chi connectivity index (χ0) is 23.4. The summed E-state index contributed by atoms with van der Waals surface area (Å²) in [7, 11) is 0. The lowest BCUT2D eigenvalue weighted by Crippen LogP contribution is -2.62. The molecule has 6 heteroatoms. The number of benzene rings is 3. The number of hydrogen-bond acceptors (Lipinski definition) is 3. The van der Waals surface area contributed by atoms with Gasteiger partial charge in [0.05, 0.1) is 16.6 Å². The summed E-state index contributed by atoms with van der Waals surface area (Å²) in [6.45, 7) is 8.55. The molecule has 33 heavy (non-hydrogen) atoms. The Hall–Kier alpha value is -3.25. The van der Waals surface area contributed by atoms with Crippen molar-refractivity contribution in [3.8, 4) is 11.4 Å². The first-order valence-electron chi connectivity index (χ1n) is 11.4. The van der Waals surface area contributed by atoms with Crippen LogP contribution < -0.4 is 10.6 Å². The molecule has 1 aliphatic rings. The summed E-state index contributed by atoms with van der Waals surface area (Å²) in [5.74, 6) is -0.279. The number of hydrogen-bond donors (Lipinski definition) is 3. The van der Waals surface area contributed by atoms with Crippen molar-refractivity contribution in [1.82, 2.24) is 20.6 Å². The van der Waals surface area contributed by atoms with E-state index in [1.165, 1.54) is 6.07 Å². The first-order valence-corrected chi connectivity index (χ1v) is 11.4. The van der Waals surface area contributed by atoms with Crippen molar-refractivity contribution in [2.75, 3.05) is 0 Å². The van der Waals surface area contributed by atoms with Gasteiger partial charge in [-0.2, -0.15) is 0 Å². The number of rotatable bonds is 3. The Bertz CT molecular complexity index is 1300. The van der Waals surface area contributed by atoms with E-state index in [1.807, 2.05) is 36.4 Å². The van der Waals surface area contributed by atoms with Crippen LogP contribution in [0.5, 0.6) is 0 Å². The number of carbonyl (C=O) groups is 1. The molecule has 5 rings (SSSR count). The van der Waals surface area contributed by atoms with Gasteiger partial charge in [0.15, 0.2) is 0 Å². The van der Waals surface area contributed by atoms with Crippen molar-refractivity contribution in [2.24, 2.45) is 0 Å². The van der Waals surface area contributed by atoms with Crippen molar-refractivity contribution in [3.05, 3.63) is 66.0 Å². The normalized spacial score (nSPS) is 18.0. The molecule has 1 fully saturated rings. The molecule has 0 radical (unpaired) electrons. The van der Waals surface area contributed by atoms with Gasteiger partial charge in [-0.3, -0.25) is 4.79 Å². The number of imidazole rings is 1. The van der Waals surface area contributed by atoms with Gasteiger partial charge in [0.2, 0.25) is 0 Å². The highest BCUT2D eigenvalue weighted by molar-refractivity contribution is 5.97. The number of nitrogens with zero attached hydrogens (tertiary/aromatic N) is 1. The number of carbonyl (C=O) groups excluding carboxylic acids is 1. The van der Waals surface area contributed by atoms with Crippen LogP contribution in [0.1, 0.15) is 50.9 Å². The minimum Gasteiger partial charge on any atom is -0.349 e. The average molecular weight is 445 g/mol. The number of aromatic amines is 1. The Morgan fingerprint density at radius 3 is 2.33 bits per heavy atom. The second-order valence-electron chi connectivity index (χ2n) is 10.5. The largest absolute Gasteiger partial charge is 0.349 e. The first-order chi connectivity index (χ1) is 15.6. The van der Waals surface area contributed by atoms with Crippen LogP contribution in [0, 0.1) is 5.82 Å². The van der Waals surface area contributed by atoms with E-state index in [-0.39, 0.29) is 23.0 Å². The molecule has 0 atom stereocenters. The van der Waals surface area contributed by atoms with Crippen LogP contribution in [0.4, 0.5) is 4.39 Å². The molecule has 4 aromatic rings. The standard InChI is InChI=1S/C27H29FN4O/c1-26(2)14-19(15-27(3,4)32-26)29-25(33)18-9-10-20(21(28)11-18)24-30-22-12-16-7-5-6-8-17(16)13-23(22)31-24/h5-13,19,32H,14-15H2,1-4H3,(H,29,33)(H,30,31). The number of halogens is 1. The van der Waals surface area contributed by atoms with Crippen LogP contribution in [0.3, 0.4) is 0 Å². The summed E-state index contributed by atoms with van der Waals surface area (Å²) in [6.07, 6.45) is 1.63. The van der Waals surface area contributed by atoms with Crippen LogP contribution in [0.15, 0.2) is 54.6 Å². The van der Waals surface area contributed by atoms with Gasteiger partial charge < -0.3 is 15.6 Å². The molecule has 0 unspecified atom stereocenters. The third kappa shape index (κ3) is 4.35. The van der Waals surface area contributed by atoms with E-state index in [4.69, 9.17) is 0 Å². The van der Waals surface area contributed by atoms with Crippen LogP contribution in [-0.2, 0) is 0 Å². The third-order valence-corrected chi connectivity index (χ3v) is 6.36. The van der Waals surface area contributed by atoms with E-state index in [9.17, 15) is 4.79 Å². The molecule has 1 amide bonds. The van der Waals surface area contributed by atoms with Crippen LogP contribution in [0.25, 0.3) is 33.2 Å². The number of amides is 1. The van der Waals surface area contributed by atoms with Crippen molar-refractivity contribution in [3.63, 3.8) is 0 Å². The summed E-state index contributed by atoms with van der Waals surface area (Å²) in [6, 6.07) is 16.7. The van der Waals surface area contributed by atoms with Crippen molar-refractivity contribution >= 4 is 27.7 Å². The van der Waals surface area contributed by atoms with Crippen LogP contribution >= 0.6 is 0 Å². The molecule has 0 saturated carbocycles. The maximum Gasteiger partial charge on any atom is 0.251 e. The SMILES string of the molecule is CC1(C)CC(NC(=O)c2ccc(-c3nc4cc5ccccc5cc4[nH]3)c(F)c2)CC(C)(C)N1. The Morgan fingerprint density at radius 2 is 1.67 bits per heavy atom. The van der Waals surface area contributed by atoms with E-state index in [2.05, 4.69) is 48.3 Å². The molecular weight excluding hydrogens is 415 g/mol. The van der Waals surface area contributed by atoms with E-state index in [1.54, 1.807) is 12.1 Å². The highest BCUT2D eigenvalue weighted by Crippen LogP contribution is 2.30. The van der Waals surface area contributed by atoms with Gasteiger partial charge >= 0.3 is 0 Å². The maximum absolute atomic E-state index is 15.1. The minimum absolute atomic E-state index is 0.0241. The average Bonchev–Trinajstić information content (AvgIpc) is 3.11. The predicted octanol–water partition coefficient (Wildman–Crippen LogP) is 5.56. The highest BCUT2D eigenvalue weighted by atomic mass is 19.1. The van der Waals surface area contributed by atoms with Crippen molar-refractivity contribution in [2.45, 2.75) is 57.7 Å². The molecule has 1 aliphatic heterocycles. The zero-order valence-electron chi connectivity index (χ0n) is 19.4. The Labute approximate surface area is 192 Å². The first kappa shape index (κ1) is 21.6. The van der Waals surface area contributed by atoms with Gasteiger partial charge in [0, 0.05) is 22.7 Å². The van der Waals surface area contributed by atoms with Gasteiger partial charge in [-0.05, 0) is 81.6 Å². The van der Waals surface area contributed by atoms with E-state index < -0.39 is 5.82 Å². The second kappa shape index (κ2) is 7.66. The van der Waals surface area contributed by atoms with Crippen molar-refractivity contribution in [1.29, 1.82) is 0 Å². The quantitative estimate of drug-likeness (QED) is 0.387. The lowest BCUT2D eigenvalue weighted by Gasteiger charge is -2.46. The van der Waals surface area contributed by atoms with Crippen LogP contribution in [0.2, 0.25) is 0 Å². The van der Waals surface area contributed by atoms with Crippen molar-refractivity contribution < 1.29 is 9.18 Å². The lowest BCUT2D eigenvalue weighted by molar-refractivity contribution is 0.0872. The van der Waals surface area contributed by atoms with Crippen LogP contribution in [-0.4, -0.2) is 33.0 Å². The molecular formula is C27H29FN4O. The van der Waals surface area contributed by atoms with Gasteiger partial charge in [0.25, 0.3) is 5.91 Å². The van der Waals surface area contributed by atoms with Gasteiger partial charge in [-0.15, -0.1) is 0 Å². The van der Waals surface area contributed by atoms with Gasteiger partial charge in [-0.1, -0.05) is 24.3 Å². The molecule has 0 bridgehead atoms. The fourth-order valence-electron chi connectivity index (χ4n) is 5.37. The third-order valence-electron chi connectivity index (χ3n) is 6.36. The highest BCUT2D eigenvalue weighted by Gasteiger charge is 2.38. The predicted molar refractivity (Wildman–Crippen MR) is 131 cm³/mol. The monoisotopic (exact) mass is 444 g/mol. The van der Waals surface area contributed by atoms with E-state index in [0.29, 0.717) is 17.0 Å². The molecule has 0 aliphatic carbocycles. The molecule has 3 aromatic carbocycles. The Morgan fingerprint density at radius 1 is 1.00 bits per heavy atom. The molecule has 170 valence electrons. The Kier molecular flexibility index (Phi) is 5.01. The number of H-pyrrole nitrogens is 1. The van der Waals surface area contributed by atoms with Gasteiger partial charge in [-0.25, -0.2) is 9.37 Å². The topological polar surface area (TPSA) is 69.8 Å². The fourth-order valence-corrected chi connectivity index (χ4v) is 5.37. The summed E-state index contributed by atoms with van der Waals surface area (Å²) in [5.41, 5.74) is 2.12. The second-order valence-corrected chi connectivity index (χ2v) is 10.5. The smallest absolute Gasteiger partial charge is 0.251 e. The zero-order valence-corrected chi connectivity index (χ0v) is 19.4. The molecule has 3 N–H and O–H groups in total. The molecule has 5 nitrogen and oxygen atoms in total. The number of nitrogens with one attached hydrogen (secondary N) is 3. The van der Waals surface area contributed by atoms with E-state index in [0.717, 1.165) is 34.6 Å². The number of aromatic nitrogens is 2. The molecule has 2 heterocycles. The Balaban J connectivity index is 1.39. The minimum atomic E-state index is -0.475. The molecule has 1 aromatic heterocycles. The summed E-state index contributed by atoms with van der Waals surface area (Å²) < 4.78 is 15.1. The number of piperidine rings is 1. The summed E-state index contributed by atoms with van der Waals surface area (Å²) in [4.78, 5) is 20.7. The number of fused-ring (bicyclic) bond motifs is 2. The molecule has 0 spiro atoms. The molecule has 1 saturated heterocycles. The maximum atomic E-state index is 15.1.